The molecule has 2 heterocycles. The lowest BCUT2D eigenvalue weighted by atomic mass is 10.1. The number of rotatable bonds is 3. The molecule has 1 aromatic carbocycles. The Balaban J connectivity index is 1.76. The third-order valence-corrected chi connectivity index (χ3v) is 4.06. The summed E-state index contributed by atoms with van der Waals surface area (Å²) in [6.07, 6.45) is -3.12. The van der Waals surface area contributed by atoms with Gasteiger partial charge in [-0.25, -0.2) is 9.37 Å². The van der Waals surface area contributed by atoms with Crippen LogP contribution < -0.4 is 5.32 Å². The van der Waals surface area contributed by atoms with Crippen LogP contribution in [0.2, 0.25) is 0 Å². The molecule has 0 bridgehead atoms. The largest absolute Gasteiger partial charge is 0.461 e. The zero-order valence-electron chi connectivity index (χ0n) is 11.6. The molecule has 0 spiro atoms. The van der Waals surface area contributed by atoms with Gasteiger partial charge < -0.3 is 9.73 Å². The molecule has 0 aliphatic rings. The van der Waals surface area contributed by atoms with Gasteiger partial charge in [-0.15, -0.1) is 0 Å². The van der Waals surface area contributed by atoms with Crippen molar-refractivity contribution in [2.45, 2.75) is 12.6 Å². The van der Waals surface area contributed by atoms with Gasteiger partial charge in [0.15, 0.2) is 16.5 Å². The van der Waals surface area contributed by atoms with E-state index >= 15 is 0 Å². The summed E-state index contributed by atoms with van der Waals surface area (Å²) in [6.45, 7) is 0. The Morgan fingerprint density at radius 1 is 1.29 bits per heavy atom. The average Bonchev–Trinajstić information content (AvgIpc) is 3.10. The fraction of sp³-hybridized carbons (Fsp3) is 0.143. The first kappa shape index (κ1) is 16.4. The van der Waals surface area contributed by atoms with Gasteiger partial charge in [0.25, 0.3) is 0 Å². The van der Waals surface area contributed by atoms with Gasteiger partial charge in [0, 0.05) is 10.9 Å². The number of alkyl halides is 3. The van der Waals surface area contributed by atoms with Crippen molar-refractivity contribution in [2.24, 2.45) is 0 Å². The molecule has 0 atom stereocenters. The molecule has 3 rings (SSSR count). The standard InChI is InChI=1S/C14H7F5N2O2S/c15-8-2-1-7-6(5-23-12(7)11(8)16)3-10(22)21-13-20-4-9(24-13)14(17,18)19/h1-2,4-5H,3H2,(H,20,21,22). The van der Waals surface area contributed by atoms with Crippen molar-refractivity contribution < 1.29 is 31.2 Å². The summed E-state index contributed by atoms with van der Waals surface area (Å²) in [6, 6.07) is 2.15. The number of aromatic nitrogens is 1. The molecule has 0 saturated carbocycles. The van der Waals surface area contributed by atoms with Crippen molar-refractivity contribution in [3.63, 3.8) is 0 Å². The van der Waals surface area contributed by atoms with E-state index in [-0.39, 0.29) is 39.4 Å². The first-order chi connectivity index (χ1) is 11.3. The summed E-state index contributed by atoms with van der Waals surface area (Å²) in [4.78, 5) is 14.4. The molecule has 1 N–H and O–H groups in total. The van der Waals surface area contributed by atoms with E-state index in [4.69, 9.17) is 4.42 Å². The molecular weight excluding hydrogens is 355 g/mol. The Bertz CT molecular complexity index is 916. The van der Waals surface area contributed by atoms with Crippen LogP contribution in [0.15, 0.2) is 29.0 Å². The number of furan rings is 1. The number of hydrogen-bond acceptors (Lipinski definition) is 4. The van der Waals surface area contributed by atoms with Gasteiger partial charge in [-0.2, -0.15) is 17.6 Å². The Labute approximate surface area is 134 Å². The fourth-order valence-corrected chi connectivity index (χ4v) is 2.73. The Hall–Kier alpha value is -2.49. The topological polar surface area (TPSA) is 55.1 Å². The number of hydrogen-bond donors (Lipinski definition) is 1. The van der Waals surface area contributed by atoms with Crippen molar-refractivity contribution in [3.8, 4) is 0 Å². The summed E-state index contributed by atoms with van der Waals surface area (Å²) in [7, 11) is 0. The number of nitrogens with one attached hydrogen (secondary N) is 1. The van der Waals surface area contributed by atoms with Crippen LogP contribution in [0.25, 0.3) is 11.0 Å². The SMILES string of the molecule is O=C(Cc1coc2c(F)c(F)ccc12)Nc1ncc(C(F)(F)F)s1. The van der Waals surface area contributed by atoms with Crippen LogP contribution in [0.3, 0.4) is 0 Å². The second-order valence-electron chi connectivity index (χ2n) is 4.75. The van der Waals surface area contributed by atoms with Gasteiger partial charge in [0.05, 0.1) is 18.9 Å². The number of carbonyl (C=O) groups is 1. The summed E-state index contributed by atoms with van der Waals surface area (Å²) in [5.74, 6) is -2.92. The van der Waals surface area contributed by atoms with Crippen molar-refractivity contribution in [1.82, 2.24) is 4.98 Å². The highest BCUT2D eigenvalue weighted by Crippen LogP contribution is 2.35. The number of fused-ring (bicyclic) bond motifs is 1. The van der Waals surface area contributed by atoms with E-state index in [2.05, 4.69) is 10.3 Å². The number of benzene rings is 1. The number of halogens is 5. The summed E-state index contributed by atoms with van der Waals surface area (Å²) < 4.78 is 68.9. The molecule has 0 aliphatic heterocycles. The molecule has 0 fully saturated rings. The normalized spacial score (nSPS) is 11.9. The third-order valence-electron chi connectivity index (χ3n) is 3.10. The summed E-state index contributed by atoms with van der Waals surface area (Å²) >= 11 is 0.288. The van der Waals surface area contributed by atoms with Crippen LogP contribution in [0.5, 0.6) is 0 Å². The highest BCUT2D eigenvalue weighted by molar-refractivity contribution is 7.15. The lowest BCUT2D eigenvalue weighted by Crippen LogP contribution is -2.13. The average molecular weight is 362 g/mol. The highest BCUT2D eigenvalue weighted by Gasteiger charge is 2.33. The molecule has 0 radical (unpaired) electrons. The van der Waals surface area contributed by atoms with Crippen LogP contribution in [-0.2, 0) is 17.4 Å². The maximum Gasteiger partial charge on any atom is 0.427 e. The number of nitrogens with zero attached hydrogens (tertiary/aromatic N) is 1. The second kappa shape index (κ2) is 5.86. The van der Waals surface area contributed by atoms with E-state index in [1.165, 1.54) is 6.07 Å². The number of anilines is 1. The molecule has 24 heavy (non-hydrogen) atoms. The second-order valence-corrected chi connectivity index (χ2v) is 5.78. The molecule has 0 unspecified atom stereocenters. The first-order valence-electron chi connectivity index (χ1n) is 6.42. The smallest absolute Gasteiger partial charge is 0.427 e. The minimum absolute atomic E-state index is 0.208. The molecular formula is C14H7F5N2O2S. The molecule has 10 heteroatoms. The van der Waals surface area contributed by atoms with Gasteiger partial charge in [-0.05, 0) is 12.1 Å². The van der Waals surface area contributed by atoms with Gasteiger partial charge in [-0.1, -0.05) is 11.3 Å². The highest BCUT2D eigenvalue weighted by atomic mass is 32.1. The van der Waals surface area contributed by atoms with Crippen molar-refractivity contribution in [3.05, 3.63) is 46.7 Å². The zero-order chi connectivity index (χ0) is 17.5. The van der Waals surface area contributed by atoms with Crippen LogP contribution in [-0.4, -0.2) is 10.9 Å². The van der Waals surface area contributed by atoms with E-state index < -0.39 is 28.6 Å². The monoisotopic (exact) mass is 362 g/mol. The molecule has 3 aromatic rings. The van der Waals surface area contributed by atoms with Crippen LogP contribution in [0.1, 0.15) is 10.4 Å². The van der Waals surface area contributed by atoms with E-state index in [9.17, 15) is 26.7 Å². The predicted octanol–water partition coefficient (Wildman–Crippen LogP) is 4.37. The van der Waals surface area contributed by atoms with Crippen molar-refractivity contribution in [2.75, 3.05) is 5.32 Å². The fourth-order valence-electron chi connectivity index (χ4n) is 2.03. The lowest BCUT2D eigenvalue weighted by molar-refractivity contribution is -0.134. The third kappa shape index (κ3) is 3.09. The lowest BCUT2D eigenvalue weighted by Gasteiger charge is -2.01. The van der Waals surface area contributed by atoms with E-state index in [1.807, 2.05) is 0 Å². The Morgan fingerprint density at radius 2 is 2.04 bits per heavy atom. The predicted molar refractivity (Wildman–Crippen MR) is 75.6 cm³/mol. The minimum Gasteiger partial charge on any atom is -0.461 e. The van der Waals surface area contributed by atoms with Crippen molar-refractivity contribution in [1.29, 1.82) is 0 Å². The van der Waals surface area contributed by atoms with Crippen LogP contribution in [0.4, 0.5) is 27.1 Å². The van der Waals surface area contributed by atoms with Gasteiger partial charge in [0.2, 0.25) is 11.7 Å². The maximum atomic E-state index is 13.5. The molecule has 1 amide bonds. The molecule has 0 saturated heterocycles. The van der Waals surface area contributed by atoms with E-state index in [0.717, 1.165) is 12.3 Å². The van der Waals surface area contributed by atoms with E-state index in [1.54, 1.807) is 0 Å². The minimum atomic E-state index is -4.54. The summed E-state index contributed by atoms with van der Waals surface area (Å²) in [5, 5.41) is 2.22. The molecule has 2 aromatic heterocycles. The Kier molecular flexibility index (Phi) is 3.99. The van der Waals surface area contributed by atoms with Gasteiger partial charge in [-0.3, -0.25) is 4.79 Å². The molecule has 4 nitrogen and oxygen atoms in total. The quantitative estimate of drug-likeness (QED) is 0.704. The first-order valence-corrected chi connectivity index (χ1v) is 7.24. The number of thiazole rings is 1. The van der Waals surface area contributed by atoms with Gasteiger partial charge in [0.1, 0.15) is 4.88 Å². The van der Waals surface area contributed by atoms with E-state index in [0.29, 0.717) is 6.20 Å². The Morgan fingerprint density at radius 3 is 2.71 bits per heavy atom. The van der Waals surface area contributed by atoms with Crippen LogP contribution in [0, 0.1) is 11.6 Å². The molecule has 126 valence electrons. The number of amides is 1. The number of carbonyl (C=O) groups excluding carboxylic acids is 1. The summed E-state index contributed by atoms with van der Waals surface area (Å²) in [5.41, 5.74) is -0.0552. The maximum absolute atomic E-state index is 13.5. The van der Waals surface area contributed by atoms with Gasteiger partial charge >= 0.3 is 6.18 Å². The van der Waals surface area contributed by atoms with Crippen molar-refractivity contribution >= 4 is 33.3 Å². The van der Waals surface area contributed by atoms with Crippen LogP contribution >= 0.6 is 11.3 Å². The molecule has 0 aliphatic carbocycles. The zero-order valence-corrected chi connectivity index (χ0v) is 12.4.